The average molecular weight is 271 g/mol. The number of hydrogen-bond acceptors (Lipinski definition) is 2. The Balaban J connectivity index is 2.07. The van der Waals surface area contributed by atoms with Gasteiger partial charge >= 0.3 is 6.09 Å². The predicted octanol–water partition coefficient (Wildman–Crippen LogP) is 4.82. The molecule has 0 fully saturated rings. The van der Waals surface area contributed by atoms with Crippen molar-refractivity contribution >= 4 is 22.6 Å². The Kier molecular flexibility index (Phi) is 4.28. The highest BCUT2D eigenvalue weighted by Crippen LogP contribution is 2.24. The highest BCUT2D eigenvalue weighted by atomic mass is 16.5. The summed E-state index contributed by atoms with van der Waals surface area (Å²) in [5, 5.41) is 4.93. The summed E-state index contributed by atoms with van der Waals surface area (Å²) in [6.07, 6.45) is 0.567. The van der Waals surface area contributed by atoms with Gasteiger partial charge in [-0.25, -0.2) is 4.79 Å². The molecule has 2 rings (SSSR count). The van der Waals surface area contributed by atoms with Crippen LogP contribution in [0.1, 0.15) is 27.2 Å². The molecule has 0 unspecified atom stereocenters. The number of carbonyl (C=O) groups excluding carboxylic acids is 1. The first-order chi connectivity index (χ1) is 9.52. The second kappa shape index (κ2) is 5.95. The molecule has 0 saturated carbocycles. The summed E-state index contributed by atoms with van der Waals surface area (Å²) in [5.41, 5.74) is 0.790. The highest BCUT2D eigenvalue weighted by Gasteiger charge is 2.18. The van der Waals surface area contributed by atoms with Crippen molar-refractivity contribution in [1.82, 2.24) is 0 Å². The average Bonchev–Trinajstić information content (AvgIpc) is 2.46. The largest absolute Gasteiger partial charge is 0.449 e. The van der Waals surface area contributed by atoms with Crippen molar-refractivity contribution in [2.24, 2.45) is 5.41 Å². The molecular weight excluding hydrogens is 250 g/mol. The summed E-state index contributed by atoms with van der Waals surface area (Å²) in [7, 11) is 0. The van der Waals surface area contributed by atoms with E-state index in [1.54, 1.807) is 0 Å². The third-order valence-corrected chi connectivity index (χ3v) is 3.58. The molecule has 3 heteroatoms. The minimum absolute atomic E-state index is 0.0100. The molecule has 1 amide bonds. The summed E-state index contributed by atoms with van der Waals surface area (Å²) in [6.45, 7) is 6.67. The lowest BCUT2D eigenvalue weighted by Crippen LogP contribution is -2.23. The quantitative estimate of drug-likeness (QED) is 0.865. The third kappa shape index (κ3) is 3.50. The van der Waals surface area contributed by atoms with Crippen molar-refractivity contribution in [3.05, 3.63) is 42.5 Å². The van der Waals surface area contributed by atoms with Crippen LogP contribution in [0.25, 0.3) is 10.8 Å². The Morgan fingerprint density at radius 3 is 2.60 bits per heavy atom. The molecule has 1 N–H and O–H groups in total. The molecule has 0 heterocycles. The van der Waals surface area contributed by atoms with Gasteiger partial charge in [0.1, 0.15) is 0 Å². The molecule has 106 valence electrons. The van der Waals surface area contributed by atoms with Gasteiger partial charge in [-0.05, 0) is 23.3 Å². The molecule has 0 bridgehead atoms. The number of fused-ring (bicyclic) bond motifs is 1. The van der Waals surface area contributed by atoms with E-state index in [1.165, 1.54) is 0 Å². The molecule has 20 heavy (non-hydrogen) atoms. The van der Waals surface area contributed by atoms with Crippen molar-refractivity contribution < 1.29 is 9.53 Å². The molecule has 0 radical (unpaired) electrons. The molecule has 3 nitrogen and oxygen atoms in total. The zero-order valence-corrected chi connectivity index (χ0v) is 12.3. The van der Waals surface area contributed by atoms with E-state index in [2.05, 4.69) is 26.1 Å². The van der Waals surface area contributed by atoms with E-state index in [4.69, 9.17) is 4.74 Å². The number of carbonyl (C=O) groups is 1. The number of amides is 1. The van der Waals surface area contributed by atoms with Gasteiger partial charge in [-0.3, -0.25) is 5.32 Å². The van der Waals surface area contributed by atoms with E-state index >= 15 is 0 Å². The zero-order valence-electron chi connectivity index (χ0n) is 12.3. The number of anilines is 1. The molecule has 0 aromatic heterocycles. The number of nitrogens with one attached hydrogen (secondary N) is 1. The summed E-state index contributed by atoms with van der Waals surface area (Å²) in [5.74, 6) is 0. The van der Waals surface area contributed by atoms with Crippen LogP contribution in [-0.4, -0.2) is 12.7 Å². The molecule has 0 spiro atoms. The maximum Gasteiger partial charge on any atom is 0.411 e. The van der Waals surface area contributed by atoms with Crippen molar-refractivity contribution in [3.63, 3.8) is 0 Å². The van der Waals surface area contributed by atoms with Crippen molar-refractivity contribution in [2.45, 2.75) is 27.2 Å². The van der Waals surface area contributed by atoms with Crippen LogP contribution >= 0.6 is 0 Å². The fraction of sp³-hybridized carbons (Fsp3) is 0.353. The second-order valence-corrected chi connectivity index (χ2v) is 5.75. The van der Waals surface area contributed by atoms with E-state index in [9.17, 15) is 4.79 Å². The van der Waals surface area contributed by atoms with Crippen LogP contribution in [0.15, 0.2) is 42.5 Å². The summed E-state index contributed by atoms with van der Waals surface area (Å²) in [4.78, 5) is 11.9. The van der Waals surface area contributed by atoms with Gasteiger partial charge < -0.3 is 4.74 Å². The van der Waals surface area contributed by atoms with Gasteiger partial charge in [-0.15, -0.1) is 0 Å². The Bertz CT molecular complexity index is 599. The summed E-state index contributed by atoms with van der Waals surface area (Å²) in [6, 6.07) is 13.8. The maximum absolute atomic E-state index is 11.9. The van der Waals surface area contributed by atoms with E-state index in [1.807, 2.05) is 42.5 Å². The van der Waals surface area contributed by atoms with Crippen LogP contribution in [0.2, 0.25) is 0 Å². The van der Waals surface area contributed by atoms with Crippen LogP contribution < -0.4 is 5.32 Å². The minimum Gasteiger partial charge on any atom is -0.449 e. The van der Waals surface area contributed by atoms with E-state index in [0.29, 0.717) is 6.61 Å². The highest BCUT2D eigenvalue weighted by molar-refractivity contribution is 6.00. The first kappa shape index (κ1) is 14.4. The number of ether oxygens (including phenoxy) is 1. The van der Waals surface area contributed by atoms with Gasteiger partial charge in [-0.1, -0.05) is 57.2 Å². The van der Waals surface area contributed by atoms with Crippen molar-refractivity contribution in [1.29, 1.82) is 0 Å². The van der Waals surface area contributed by atoms with Gasteiger partial charge in [-0.2, -0.15) is 0 Å². The molecular formula is C17H21NO2. The zero-order chi connectivity index (χ0) is 14.6. The van der Waals surface area contributed by atoms with Gasteiger partial charge in [0.15, 0.2) is 0 Å². The Labute approximate surface area is 119 Å². The van der Waals surface area contributed by atoms with Gasteiger partial charge in [0.2, 0.25) is 0 Å². The fourth-order valence-corrected chi connectivity index (χ4v) is 1.84. The number of rotatable bonds is 4. The standard InChI is InChI=1S/C17H21NO2/c1-4-17(2,3)12-20-16(19)18-15-11-7-9-13-8-5-6-10-14(13)15/h5-11H,4,12H2,1-3H3,(H,18,19). The lowest BCUT2D eigenvalue weighted by atomic mass is 9.92. The van der Waals surface area contributed by atoms with Crippen LogP contribution in [-0.2, 0) is 4.74 Å². The SMILES string of the molecule is CCC(C)(C)COC(=O)Nc1cccc2ccccc12. The molecule has 0 atom stereocenters. The second-order valence-electron chi connectivity index (χ2n) is 5.75. The summed E-state index contributed by atoms with van der Waals surface area (Å²) >= 11 is 0. The van der Waals surface area contributed by atoms with Crippen LogP contribution in [0.5, 0.6) is 0 Å². The normalized spacial score (nSPS) is 11.3. The Hall–Kier alpha value is -2.03. The molecule has 0 aliphatic carbocycles. The molecule has 2 aromatic carbocycles. The number of benzene rings is 2. The molecule has 0 aliphatic heterocycles. The van der Waals surface area contributed by atoms with Crippen LogP contribution in [0.4, 0.5) is 10.5 Å². The first-order valence-electron chi connectivity index (χ1n) is 6.93. The van der Waals surface area contributed by atoms with E-state index in [0.717, 1.165) is 22.9 Å². The van der Waals surface area contributed by atoms with Gasteiger partial charge in [0, 0.05) is 5.39 Å². The van der Waals surface area contributed by atoms with Gasteiger partial charge in [0.25, 0.3) is 0 Å². The molecule has 2 aromatic rings. The Morgan fingerprint density at radius 2 is 1.85 bits per heavy atom. The third-order valence-electron chi connectivity index (χ3n) is 3.58. The Morgan fingerprint density at radius 1 is 1.15 bits per heavy atom. The van der Waals surface area contributed by atoms with Gasteiger partial charge in [0.05, 0.1) is 12.3 Å². The smallest absolute Gasteiger partial charge is 0.411 e. The number of hydrogen-bond donors (Lipinski definition) is 1. The minimum atomic E-state index is -0.400. The fourth-order valence-electron chi connectivity index (χ4n) is 1.84. The lowest BCUT2D eigenvalue weighted by Gasteiger charge is -2.22. The molecule has 0 saturated heterocycles. The predicted molar refractivity (Wildman–Crippen MR) is 83.0 cm³/mol. The van der Waals surface area contributed by atoms with Crippen LogP contribution in [0.3, 0.4) is 0 Å². The topological polar surface area (TPSA) is 38.3 Å². The van der Waals surface area contributed by atoms with E-state index in [-0.39, 0.29) is 5.41 Å². The first-order valence-corrected chi connectivity index (χ1v) is 6.93. The lowest BCUT2D eigenvalue weighted by molar-refractivity contribution is 0.108. The van der Waals surface area contributed by atoms with Crippen molar-refractivity contribution in [3.8, 4) is 0 Å². The summed E-state index contributed by atoms with van der Waals surface area (Å²) < 4.78 is 5.30. The maximum atomic E-state index is 11.9. The van der Waals surface area contributed by atoms with Crippen molar-refractivity contribution in [2.75, 3.05) is 11.9 Å². The monoisotopic (exact) mass is 271 g/mol. The van der Waals surface area contributed by atoms with Crippen LogP contribution in [0, 0.1) is 5.41 Å². The molecule has 0 aliphatic rings. The van der Waals surface area contributed by atoms with E-state index < -0.39 is 6.09 Å².